The first-order valence-corrected chi connectivity index (χ1v) is 7.16. The van der Waals surface area contributed by atoms with Crippen molar-refractivity contribution in [1.82, 2.24) is 0 Å². The maximum absolute atomic E-state index is 11.4. The predicted octanol–water partition coefficient (Wildman–Crippen LogP) is 3.09. The molecule has 1 aromatic carbocycles. The number of carbonyl (C=O) groups excluding carboxylic acids is 1. The molecule has 0 radical (unpaired) electrons. The van der Waals surface area contributed by atoms with Gasteiger partial charge in [-0.25, -0.2) is 4.79 Å². The van der Waals surface area contributed by atoms with Crippen LogP contribution in [0.2, 0.25) is 0 Å². The number of methoxy groups -OCH3 is 1. The van der Waals surface area contributed by atoms with Crippen LogP contribution in [0.5, 0.6) is 0 Å². The molecule has 1 aliphatic heterocycles. The van der Waals surface area contributed by atoms with E-state index in [1.807, 2.05) is 12.1 Å². The van der Waals surface area contributed by atoms with Crippen LogP contribution in [0.3, 0.4) is 0 Å². The van der Waals surface area contributed by atoms with Crippen LogP contribution in [0.25, 0.3) is 0 Å². The van der Waals surface area contributed by atoms with E-state index in [4.69, 9.17) is 9.47 Å². The van der Waals surface area contributed by atoms with Gasteiger partial charge in [0, 0.05) is 18.3 Å². The maximum atomic E-state index is 11.4. The van der Waals surface area contributed by atoms with Gasteiger partial charge in [-0.15, -0.1) is 0 Å². The summed E-state index contributed by atoms with van der Waals surface area (Å²) in [5, 5.41) is 3.52. The SMILES string of the molecule is COC(=O)c1ccc(NC2CCOC(C(C)C)C2)cc1. The molecule has 1 fully saturated rings. The zero-order chi connectivity index (χ0) is 14.5. The number of carbonyl (C=O) groups is 1. The molecule has 1 aliphatic rings. The number of anilines is 1. The molecule has 2 rings (SSSR count). The molecule has 20 heavy (non-hydrogen) atoms. The lowest BCUT2D eigenvalue weighted by Gasteiger charge is -2.33. The van der Waals surface area contributed by atoms with Crippen LogP contribution in [0.4, 0.5) is 5.69 Å². The van der Waals surface area contributed by atoms with Gasteiger partial charge in [-0.2, -0.15) is 0 Å². The first kappa shape index (κ1) is 14.9. The summed E-state index contributed by atoms with van der Waals surface area (Å²) in [6, 6.07) is 7.85. The minimum absolute atomic E-state index is 0.303. The molecular weight excluding hydrogens is 254 g/mol. The lowest BCUT2D eigenvalue weighted by atomic mass is 9.95. The van der Waals surface area contributed by atoms with Crippen molar-refractivity contribution in [2.75, 3.05) is 19.0 Å². The Morgan fingerprint density at radius 1 is 1.35 bits per heavy atom. The number of benzene rings is 1. The molecule has 4 nitrogen and oxygen atoms in total. The highest BCUT2D eigenvalue weighted by molar-refractivity contribution is 5.89. The second kappa shape index (κ2) is 6.75. The number of esters is 1. The summed E-state index contributed by atoms with van der Waals surface area (Å²) in [7, 11) is 1.39. The molecule has 0 saturated carbocycles. The molecule has 0 spiro atoms. The highest BCUT2D eigenvalue weighted by Crippen LogP contribution is 2.23. The number of hydrogen-bond acceptors (Lipinski definition) is 4. The molecule has 2 atom stereocenters. The predicted molar refractivity (Wildman–Crippen MR) is 79.0 cm³/mol. The van der Waals surface area contributed by atoms with Crippen LogP contribution in [-0.4, -0.2) is 31.8 Å². The van der Waals surface area contributed by atoms with E-state index in [1.54, 1.807) is 12.1 Å². The standard InChI is InChI=1S/C16H23NO3/c1-11(2)15-10-14(8-9-20-15)17-13-6-4-12(5-7-13)16(18)19-3/h4-7,11,14-15,17H,8-10H2,1-3H3. The highest BCUT2D eigenvalue weighted by atomic mass is 16.5. The van der Waals surface area contributed by atoms with Gasteiger partial charge in [-0.3, -0.25) is 0 Å². The van der Waals surface area contributed by atoms with Gasteiger partial charge in [0.1, 0.15) is 0 Å². The number of ether oxygens (including phenoxy) is 2. The van der Waals surface area contributed by atoms with Crippen molar-refractivity contribution >= 4 is 11.7 Å². The Bertz CT molecular complexity index is 442. The molecular formula is C16H23NO3. The Morgan fingerprint density at radius 2 is 2.05 bits per heavy atom. The normalized spacial score (nSPS) is 22.6. The van der Waals surface area contributed by atoms with Crippen LogP contribution in [-0.2, 0) is 9.47 Å². The largest absolute Gasteiger partial charge is 0.465 e. The number of hydrogen-bond donors (Lipinski definition) is 1. The third-order valence-electron chi connectivity index (χ3n) is 3.74. The van der Waals surface area contributed by atoms with Crippen molar-refractivity contribution in [3.05, 3.63) is 29.8 Å². The Kier molecular flexibility index (Phi) is 5.01. The summed E-state index contributed by atoms with van der Waals surface area (Å²) in [4.78, 5) is 11.4. The van der Waals surface area contributed by atoms with Crippen molar-refractivity contribution in [1.29, 1.82) is 0 Å². The molecule has 4 heteroatoms. The van der Waals surface area contributed by atoms with Crippen LogP contribution in [0.1, 0.15) is 37.0 Å². The minimum atomic E-state index is -0.303. The van der Waals surface area contributed by atoms with E-state index in [9.17, 15) is 4.79 Å². The van der Waals surface area contributed by atoms with E-state index < -0.39 is 0 Å². The minimum Gasteiger partial charge on any atom is -0.465 e. The number of rotatable bonds is 4. The first-order valence-electron chi connectivity index (χ1n) is 7.16. The first-order chi connectivity index (χ1) is 9.60. The van der Waals surface area contributed by atoms with Crippen molar-refractivity contribution in [2.45, 2.75) is 38.8 Å². The summed E-state index contributed by atoms with van der Waals surface area (Å²) in [6.07, 6.45) is 2.37. The molecule has 2 unspecified atom stereocenters. The van der Waals surface area contributed by atoms with Crippen LogP contribution < -0.4 is 5.32 Å². The molecule has 1 aromatic rings. The average molecular weight is 277 g/mol. The average Bonchev–Trinajstić information content (AvgIpc) is 2.47. The summed E-state index contributed by atoms with van der Waals surface area (Å²) in [5.74, 6) is 0.240. The highest BCUT2D eigenvalue weighted by Gasteiger charge is 2.24. The van der Waals surface area contributed by atoms with Gasteiger partial charge in [0.15, 0.2) is 0 Å². The Morgan fingerprint density at radius 3 is 2.65 bits per heavy atom. The number of nitrogens with one attached hydrogen (secondary N) is 1. The Hall–Kier alpha value is -1.55. The van der Waals surface area contributed by atoms with Gasteiger partial charge < -0.3 is 14.8 Å². The van der Waals surface area contributed by atoms with E-state index in [2.05, 4.69) is 19.2 Å². The van der Waals surface area contributed by atoms with E-state index in [1.165, 1.54) is 7.11 Å². The van der Waals surface area contributed by atoms with Gasteiger partial charge in [0.05, 0.1) is 18.8 Å². The molecule has 0 amide bonds. The van der Waals surface area contributed by atoms with E-state index >= 15 is 0 Å². The summed E-state index contributed by atoms with van der Waals surface area (Å²) in [5.41, 5.74) is 1.61. The van der Waals surface area contributed by atoms with Crippen molar-refractivity contribution in [2.24, 2.45) is 5.92 Å². The van der Waals surface area contributed by atoms with E-state index in [-0.39, 0.29) is 5.97 Å². The van der Waals surface area contributed by atoms with Crippen molar-refractivity contribution in [3.63, 3.8) is 0 Å². The summed E-state index contributed by atoms with van der Waals surface area (Å²) in [6.45, 7) is 5.19. The zero-order valence-corrected chi connectivity index (χ0v) is 12.4. The van der Waals surface area contributed by atoms with Gasteiger partial charge in [0.25, 0.3) is 0 Å². The topological polar surface area (TPSA) is 47.6 Å². The quantitative estimate of drug-likeness (QED) is 0.859. The second-order valence-corrected chi connectivity index (χ2v) is 5.59. The summed E-state index contributed by atoms with van der Waals surface area (Å²) >= 11 is 0. The molecule has 1 saturated heterocycles. The second-order valence-electron chi connectivity index (χ2n) is 5.59. The van der Waals surface area contributed by atoms with Crippen LogP contribution >= 0.6 is 0 Å². The smallest absolute Gasteiger partial charge is 0.337 e. The van der Waals surface area contributed by atoms with Crippen LogP contribution in [0, 0.1) is 5.92 Å². The van der Waals surface area contributed by atoms with E-state index in [0.717, 1.165) is 25.1 Å². The molecule has 1 N–H and O–H groups in total. The maximum Gasteiger partial charge on any atom is 0.337 e. The molecule has 1 heterocycles. The third kappa shape index (κ3) is 3.73. The van der Waals surface area contributed by atoms with E-state index in [0.29, 0.717) is 23.6 Å². The van der Waals surface area contributed by atoms with Gasteiger partial charge in [-0.1, -0.05) is 13.8 Å². The molecule has 110 valence electrons. The van der Waals surface area contributed by atoms with Crippen LogP contribution in [0.15, 0.2) is 24.3 Å². The Balaban J connectivity index is 1.94. The monoisotopic (exact) mass is 277 g/mol. The molecule has 0 aliphatic carbocycles. The lowest BCUT2D eigenvalue weighted by Crippen LogP contribution is -2.36. The third-order valence-corrected chi connectivity index (χ3v) is 3.74. The summed E-state index contributed by atoms with van der Waals surface area (Å²) < 4.78 is 10.5. The van der Waals surface area contributed by atoms with Crippen molar-refractivity contribution in [3.8, 4) is 0 Å². The van der Waals surface area contributed by atoms with Gasteiger partial charge >= 0.3 is 5.97 Å². The van der Waals surface area contributed by atoms with Gasteiger partial charge in [0.2, 0.25) is 0 Å². The zero-order valence-electron chi connectivity index (χ0n) is 12.4. The molecule has 0 aromatic heterocycles. The van der Waals surface area contributed by atoms with Gasteiger partial charge in [-0.05, 0) is 43.0 Å². The fraction of sp³-hybridized carbons (Fsp3) is 0.562. The fourth-order valence-corrected chi connectivity index (χ4v) is 2.48. The Labute approximate surface area is 120 Å². The lowest BCUT2D eigenvalue weighted by molar-refractivity contribution is -0.0160. The fourth-order valence-electron chi connectivity index (χ4n) is 2.48. The van der Waals surface area contributed by atoms with Crippen molar-refractivity contribution < 1.29 is 14.3 Å². The molecule has 0 bridgehead atoms.